The summed E-state index contributed by atoms with van der Waals surface area (Å²) in [6.45, 7) is 14.0. The van der Waals surface area contributed by atoms with Crippen molar-refractivity contribution in [3.63, 3.8) is 0 Å². The van der Waals surface area contributed by atoms with E-state index in [9.17, 15) is 0 Å². The largest absolute Gasteiger partial charge is 0.294 e. The molecule has 0 radical (unpaired) electrons. The van der Waals surface area contributed by atoms with E-state index in [2.05, 4.69) is 57.8 Å². The molecule has 0 unspecified atom stereocenters. The Bertz CT molecular complexity index is 337. The van der Waals surface area contributed by atoms with Gasteiger partial charge in [-0.2, -0.15) is 0 Å². The zero-order valence-electron chi connectivity index (χ0n) is 10.9. The van der Waals surface area contributed by atoms with Crippen molar-refractivity contribution in [1.29, 1.82) is 0 Å². The van der Waals surface area contributed by atoms with E-state index >= 15 is 0 Å². The van der Waals surface area contributed by atoms with Crippen molar-refractivity contribution in [2.45, 2.75) is 33.7 Å². The zero-order chi connectivity index (χ0) is 12.0. The third-order valence-electron chi connectivity index (χ3n) is 3.63. The zero-order valence-corrected chi connectivity index (χ0v) is 10.9. The van der Waals surface area contributed by atoms with Gasteiger partial charge in [0.15, 0.2) is 0 Å². The van der Waals surface area contributed by atoms with Gasteiger partial charge in [0.25, 0.3) is 0 Å². The van der Waals surface area contributed by atoms with Crippen molar-refractivity contribution in [3.05, 3.63) is 48.2 Å². The molecule has 1 aromatic rings. The molecule has 16 heavy (non-hydrogen) atoms. The van der Waals surface area contributed by atoms with Gasteiger partial charge in [-0.1, -0.05) is 31.2 Å². The van der Waals surface area contributed by atoms with E-state index in [1.165, 1.54) is 11.1 Å². The number of aryl methyl sites for hydroxylation is 1. The van der Waals surface area contributed by atoms with E-state index in [0.717, 1.165) is 30.5 Å². The van der Waals surface area contributed by atoms with Crippen LogP contribution in [-0.2, 0) is 13.0 Å². The van der Waals surface area contributed by atoms with Crippen molar-refractivity contribution >= 4 is 0 Å². The fourth-order valence-corrected chi connectivity index (χ4v) is 2.17. The molecule has 0 heterocycles. The average molecular weight is 218 g/mol. The smallest absolute Gasteiger partial charge is 0.109 e. The molecule has 0 saturated carbocycles. The molecular formula is C15H24N+. The van der Waals surface area contributed by atoms with Gasteiger partial charge in [0.1, 0.15) is 6.54 Å². The normalized spacial score (nSPS) is 11.4. The predicted molar refractivity (Wildman–Crippen MR) is 71.1 cm³/mol. The first kappa shape index (κ1) is 13.0. The van der Waals surface area contributed by atoms with Crippen LogP contribution in [0.2, 0.25) is 0 Å². The van der Waals surface area contributed by atoms with Crippen molar-refractivity contribution < 1.29 is 4.48 Å². The minimum atomic E-state index is 0.969. The topological polar surface area (TPSA) is 0 Å². The van der Waals surface area contributed by atoms with Crippen LogP contribution in [0.3, 0.4) is 0 Å². The summed E-state index contributed by atoms with van der Waals surface area (Å²) in [6, 6.07) is 8.75. The summed E-state index contributed by atoms with van der Waals surface area (Å²) in [6.07, 6.45) is 3.20. The quantitative estimate of drug-likeness (QED) is 0.638. The van der Waals surface area contributed by atoms with Crippen LogP contribution in [0.5, 0.6) is 0 Å². The molecule has 0 spiro atoms. The third kappa shape index (κ3) is 2.73. The molecular weight excluding hydrogens is 194 g/mol. The summed E-state index contributed by atoms with van der Waals surface area (Å²) >= 11 is 0. The standard InChI is InChI=1S/C15H24N/c1-5-14-11-9-10-12-15(14)13-16(6-2,7-3)8-4/h6,9-12H,2,5,7-8,13H2,1,3-4H3/q+1. The van der Waals surface area contributed by atoms with Crippen LogP contribution in [0.15, 0.2) is 37.0 Å². The lowest BCUT2D eigenvalue weighted by molar-refractivity contribution is -0.889. The number of hydrogen-bond donors (Lipinski definition) is 0. The lowest BCUT2D eigenvalue weighted by atomic mass is 10.0. The van der Waals surface area contributed by atoms with Gasteiger partial charge >= 0.3 is 0 Å². The fraction of sp³-hybridized carbons (Fsp3) is 0.467. The molecule has 0 bridgehead atoms. The second kappa shape index (κ2) is 5.86. The molecule has 0 saturated heterocycles. The number of hydrogen-bond acceptors (Lipinski definition) is 0. The first-order chi connectivity index (χ1) is 7.71. The van der Waals surface area contributed by atoms with E-state index in [0.29, 0.717) is 0 Å². The molecule has 0 aliphatic carbocycles. The molecule has 1 heteroatoms. The van der Waals surface area contributed by atoms with Gasteiger partial charge < -0.3 is 0 Å². The van der Waals surface area contributed by atoms with Crippen LogP contribution in [0, 0.1) is 0 Å². The highest BCUT2D eigenvalue weighted by Gasteiger charge is 2.20. The van der Waals surface area contributed by atoms with Gasteiger partial charge in [-0.15, -0.1) is 0 Å². The van der Waals surface area contributed by atoms with Crippen LogP contribution in [0.25, 0.3) is 0 Å². The third-order valence-corrected chi connectivity index (χ3v) is 3.63. The van der Waals surface area contributed by atoms with Crippen LogP contribution < -0.4 is 0 Å². The van der Waals surface area contributed by atoms with Gasteiger partial charge in [-0.3, -0.25) is 4.48 Å². The highest BCUT2D eigenvalue weighted by Crippen LogP contribution is 2.18. The van der Waals surface area contributed by atoms with Crippen LogP contribution in [0.1, 0.15) is 31.9 Å². The van der Waals surface area contributed by atoms with Gasteiger partial charge in [0.2, 0.25) is 0 Å². The molecule has 1 rings (SSSR count). The van der Waals surface area contributed by atoms with E-state index in [4.69, 9.17) is 0 Å². The number of rotatable bonds is 6. The first-order valence-corrected chi connectivity index (χ1v) is 6.27. The average Bonchev–Trinajstić information content (AvgIpc) is 2.36. The summed E-state index contributed by atoms with van der Waals surface area (Å²) in [5.41, 5.74) is 2.93. The van der Waals surface area contributed by atoms with Crippen LogP contribution >= 0.6 is 0 Å². The van der Waals surface area contributed by atoms with Crippen LogP contribution in [-0.4, -0.2) is 17.6 Å². The lowest BCUT2D eigenvalue weighted by Gasteiger charge is -2.33. The Morgan fingerprint density at radius 1 is 1.06 bits per heavy atom. The van der Waals surface area contributed by atoms with Crippen molar-refractivity contribution in [2.24, 2.45) is 0 Å². The lowest BCUT2D eigenvalue weighted by Crippen LogP contribution is -2.41. The molecule has 0 amide bonds. The predicted octanol–water partition coefficient (Wildman–Crippen LogP) is 3.75. The van der Waals surface area contributed by atoms with Gasteiger partial charge in [-0.05, 0) is 32.4 Å². The maximum atomic E-state index is 4.00. The molecule has 88 valence electrons. The van der Waals surface area contributed by atoms with Gasteiger partial charge in [0, 0.05) is 5.56 Å². The van der Waals surface area contributed by atoms with Crippen molar-refractivity contribution in [3.8, 4) is 0 Å². The molecule has 0 aliphatic rings. The SMILES string of the molecule is C=C[N+](CC)(CC)Cc1ccccc1CC. The Morgan fingerprint density at radius 2 is 1.62 bits per heavy atom. The Hall–Kier alpha value is -1.08. The summed E-state index contributed by atoms with van der Waals surface area (Å²) in [4.78, 5) is 0. The summed E-state index contributed by atoms with van der Waals surface area (Å²) in [5, 5.41) is 0. The monoisotopic (exact) mass is 218 g/mol. The maximum absolute atomic E-state index is 4.00. The summed E-state index contributed by atoms with van der Waals surface area (Å²) in [7, 11) is 0. The highest BCUT2D eigenvalue weighted by molar-refractivity contribution is 5.26. The maximum Gasteiger partial charge on any atom is 0.109 e. The molecule has 0 aliphatic heterocycles. The first-order valence-electron chi connectivity index (χ1n) is 6.27. The number of quaternary nitrogens is 1. The van der Waals surface area contributed by atoms with Crippen LogP contribution in [0.4, 0.5) is 0 Å². The van der Waals surface area contributed by atoms with Gasteiger partial charge in [0.05, 0.1) is 19.3 Å². The number of nitrogens with zero attached hydrogens (tertiary/aromatic N) is 1. The molecule has 0 atom stereocenters. The van der Waals surface area contributed by atoms with Crippen molar-refractivity contribution in [2.75, 3.05) is 13.1 Å². The summed E-state index contributed by atoms with van der Waals surface area (Å²) < 4.78 is 0.969. The number of benzene rings is 1. The van der Waals surface area contributed by atoms with Gasteiger partial charge in [-0.25, -0.2) is 0 Å². The minimum Gasteiger partial charge on any atom is -0.294 e. The van der Waals surface area contributed by atoms with E-state index in [1.807, 2.05) is 0 Å². The van der Waals surface area contributed by atoms with E-state index < -0.39 is 0 Å². The Labute approximate surface area is 100.0 Å². The molecule has 0 N–H and O–H groups in total. The fourth-order valence-electron chi connectivity index (χ4n) is 2.17. The summed E-state index contributed by atoms with van der Waals surface area (Å²) in [5.74, 6) is 0. The Kier molecular flexibility index (Phi) is 4.75. The van der Waals surface area contributed by atoms with E-state index in [-0.39, 0.29) is 0 Å². The van der Waals surface area contributed by atoms with Crippen molar-refractivity contribution in [1.82, 2.24) is 0 Å². The molecule has 0 aromatic heterocycles. The van der Waals surface area contributed by atoms with E-state index in [1.54, 1.807) is 0 Å². The Morgan fingerprint density at radius 3 is 2.06 bits per heavy atom. The molecule has 0 fully saturated rings. The molecule has 1 aromatic carbocycles. The Balaban J connectivity index is 2.97. The second-order valence-corrected chi connectivity index (χ2v) is 4.31. The molecule has 1 nitrogen and oxygen atoms in total. The minimum absolute atomic E-state index is 0.969. The highest BCUT2D eigenvalue weighted by atomic mass is 15.3. The second-order valence-electron chi connectivity index (χ2n) is 4.31.